The summed E-state index contributed by atoms with van der Waals surface area (Å²) in [5, 5.41) is 6.37. The van der Waals surface area contributed by atoms with Crippen LogP contribution in [0.3, 0.4) is 0 Å². The number of piperazine rings is 1. The summed E-state index contributed by atoms with van der Waals surface area (Å²) in [6.45, 7) is 4.52. The van der Waals surface area contributed by atoms with Gasteiger partial charge in [0.15, 0.2) is 5.65 Å². The largest absolute Gasteiger partial charge is 0.352 e. The summed E-state index contributed by atoms with van der Waals surface area (Å²) >= 11 is 6.12. The second kappa shape index (κ2) is 10.3. The molecule has 2 aromatic heterocycles. The van der Waals surface area contributed by atoms with Crippen LogP contribution in [-0.2, 0) is 6.42 Å². The molecule has 3 aromatic carbocycles. The number of nitrogens with zero attached hydrogens (tertiary/aromatic N) is 6. The zero-order valence-corrected chi connectivity index (χ0v) is 21.8. The second-order valence-electron chi connectivity index (χ2n) is 9.45. The van der Waals surface area contributed by atoms with E-state index >= 15 is 0 Å². The van der Waals surface area contributed by atoms with Crippen LogP contribution in [0.4, 0.5) is 5.82 Å². The number of carbonyl (C=O) groups excluding carboxylic acids is 1. The third-order valence-electron chi connectivity index (χ3n) is 6.87. The van der Waals surface area contributed by atoms with Gasteiger partial charge in [-0.25, -0.2) is 14.6 Å². The smallest absolute Gasteiger partial charge is 0.254 e. The average molecular weight is 523 g/mol. The Morgan fingerprint density at radius 3 is 2.29 bits per heavy atom. The highest BCUT2D eigenvalue weighted by Crippen LogP contribution is 2.30. The van der Waals surface area contributed by atoms with Crippen LogP contribution in [0, 0.1) is 6.92 Å². The number of anilines is 1. The Hall–Kier alpha value is -4.23. The predicted molar refractivity (Wildman–Crippen MR) is 150 cm³/mol. The molecule has 1 amide bonds. The van der Waals surface area contributed by atoms with E-state index in [2.05, 4.69) is 17.0 Å². The van der Waals surface area contributed by atoms with Gasteiger partial charge in [-0.05, 0) is 42.8 Å². The second-order valence-corrected chi connectivity index (χ2v) is 9.88. The molecular formula is C30H27ClN6O. The van der Waals surface area contributed by atoms with Crippen LogP contribution in [0.5, 0.6) is 0 Å². The van der Waals surface area contributed by atoms with E-state index < -0.39 is 0 Å². The lowest BCUT2D eigenvalue weighted by Crippen LogP contribution is -2.49. The van der Waals surface area contributed by atoms with Crippen LogP contribution in [-0.4, -0.2) is 56.7 Å². The minimum atomic E-state index is -0.00201. The first-order valence-corrected chi connectivity index (χ1v) is 13.1. The molecule has 1 aliphatic heterocycles. The van der Waals surface area contributed by atoms with Crippen molar-refractivity contribution in [2.24, 2.45) is 0 Å². The first-order valence-electron chi connectivity index (χ1n) is 12.7. The predicted octanol–water partition coefficient (Wildman–Crippen LogP) is 5.33. The molecule has 0 spiro atoms. The van der Waals surface area contributed by atoms with Crippen molar-refractivity contribution in [2.75, 3.05) is 31.1 Å². The van der Waals surface area contributed by atoms with E-state index in [1.807, 2.05) is 77.2 Å². The maximum absolute atomic E-state index is 13.1. The highest BCUT2D eigenvalue weighted by Gasteiger charge is 2.27. The van der Waals surface area contributed by atoms with Crippen LogP contribution >= 0.6 is 11.6 Å². The minimum absolute atomic E-state index is 0.00201. The summed E-state index contributed by atoms with van der Waals surface area (Å²) in [5.74, 6) is 1.61. The molecule has 8 heteroatoms. The number of halogens is 1. The van der Waals surface area contributed by atoms with Crippen molar-refractivity contribution < 1.29 is 4.79 Å². The van der Waals surface area contributed by atoms with Crippen molar-refractivity contribution in [1.82, 2.24) is 24.6 Å². The van der Waals surface area contributed by atoms with Crippen molar-refractivity contribution in [3.05, 3.63) is 113 Å². The summed E-state index contributed by atoms with van der Waals surface area (Å²) < 4.78 is 1.91. The molecule has 0 radical (unpaired) electrons. The third kappa shape index (κ3) is 4.73. The number of para-hydroxylation sites is 1. The highest BCUT2D eigenvalue weighted by atomic mass is 35.5. The monoisotopic (exact) mass is 522 g/mol. The van der Waals surface area contributed by atoms with Crippen molar-refractivity contribution in [3.8, 4) is 5.69 Å². The van der Waals surface area contributed by atoms with Gasteiger partial charge in [-0.2, -0.15) is 5.10 Å². The van der Waals surface area contributed by atoms with Gasteiger partial charge in [0, 0.05) is 43.2 Å². The van der Waals surface area contributed by atoms with Gasteiger partial charge in [-0.15, -0.1) is 0 Å². The van der Waals surface area contributed by atoms with Gasteiger partial charge in [-0.3, -0.25) is 4.79 Å². The molecule has 5 aromatic rings. The molecule has 6 rings (SSSR count). The van der Waals surface area contributed by atoms with E-state index in [1.165, 1.54) is 0 Å². The molecule has 0 N–H and O–H groups in total. The molecular weight excluding hydrogens is 496 g/mol. The van der Waals surface area contributed by atoms with E-state index in [0.29, 0.717) is 43.2 Å². The van der Waals surface area contributed by atoms with E-state index in [4.69, 9.17) is 26.7 Å². The van der Waals surface area contributed by atoms with Gasteiger partial charge in [0.2, 0.25) is 0 Å². The molecule has 3 heterocycles. The zero-order chi connectivity index (χ0) is 26.1. The number of aromatic nitrogens is 4. The molecule has 7 nitrogen and oxygen atoms in total. The van der Waals surface area contributed by atoms with E-state index in [9.17, 15) is 4.79 Å². The number of carbonyl (C=O) groups is 1. The fourth-order valence-corrected chi connectivity index (χ4v) is 5.16. The number of amides is 1. The van der Waals surface area contributed by atoms with Crippen LogP contribution in [0.25, 0.3) is 16.7 Å². The van der Waals surface area contributed by atoms with Crippen LogP contribution in [0.2, 0.25) is 5.02 Å². The average Bonchev–Trinajstić information content (AvgIpc) is 3.29. The number of benzene rings is 3. The van der Waals surface area contributed by atoms with Gasteiger partial charge in [0.05, 0.1) is 16.8 Å². The molecule has 1 saturated heterocycles. The molecule has 1 aliphatic rings. The lowest BCUT2D eigenvalue weighted by Gasteiger charge is -2.36. The Balaban J connectivity index is 1.36. The normalized spacial score (nSPS) is 13.7. The lowest BCUT2D eigenvalue weighted by atomic mass is 10.1. The molecule has 190 valence electrons. The summed E-state index contributed by atoms with van der Waals surface area (Å²) in [6.07, 6.45) is 0.621. The summed E-state index contributed by atoms with van der Waals surface area (Å²) in [5.41, 5.74) is 4.39. The SMILES string of the molecule is Cc1nn(-c2ccccc2)c2nc(Cc3ccccc3)nc(N3CCN(C(=O)c4cccc(Cl)c4)CC3)c12. The molecule has 38 heavy (non-hydrogen) atoms. The number of rotatable bonds is 5. The van der Waals surface area contributed by atoms with E-state index in [0.717, 1.165) is 39.6 Å². The fraction of sp³-hybridized carbons (Fsp3) is 0.200. The van der Waals surface area contributed by atoms with Crippen LogP contribution < -0.4 is 4.90 Å². The third-order valence-corrected chi connectivity index (χ3v) is 7.11. The number of hydrogen-bond acceptors (Lipinski definition) is 5. The maximum atomic E-state index is 13.1. The Kier molecular flexibility index (Phi) is 6.52. The van der Waals surface area contributed by atoms with Crippen molar-refractivity contribution >= 4 is 34.4 Å². The first-order chi connectivity index (χ1) is 18.6. The van der Waals surface area contributed by atoms with Crippen LogP contribution in [0.1, 0.15) is 27.4 Å². The van der Waals surface area contributed by atoms with Gasteiger partial charge in [-0.1, -0.05) is 66.2 Å². The number of fused-ring (bicyclic) bond motifs is 1. The Morgan fingerprint density at radius 2 is 1.58 bits per heavy atom. The molecule has 1 fully saturated rings. The minimum Gasteiger partial charge on any atom is -0.352 e. The molecule has 0 atom stereocenters. The Labute approximate surface area is 226 Å². The standard InChI is InChI=1S/C30H27ClN6O/c1-21-27-28(35-15-17-36(18-16-35)30(38)23-11-8-12-24(31)20-23)32-26(19-22-9-4-2-5-10-22)33-29(27)37(34-21)25-13-6-3-7-14-25/h2-14,20H,15-19H2,1H3. The van der Waals surface area contributed by atoms with Gasteiger partial charge >= 0.3 is 0 Å². The topological polar surface area (TPSA) is 67.2 Å². The maximum Gasteiger partial charge on any atom is 0.254 e. The van der Waals surface area contributed by atoms with Gasteiger partial charge in [0.25, 0.3) is 5.91 Å². The fourth-order valence-electron chi connectivity index (χ4n) is 4.97. The molecule has 0 saturated carbocycles. The molecule has 0 bridgehead atoms. The highest BCUT2D eigenvalue weighted by molar-refractivity contribution is 6.30. The number of hydrogen-bond donors (Lipinski definition) is 0. The van der Waals surface area contributed by atoms with Crippen molar-refractivity contribution in [1.29, 1.82) is 0 Å². The van der Waals surface area contributed by atoms with Gasteiger partial charge in [0.1, 0.15) is 11.6 Å². The molecule has 0 aliphatic carbocycles. The first kappa shape index (κ1) is 24.1. The summed E-state index contributed by atoms with van der Waals surface area (Å²) in [6, 6.07) is 27.4. The lowest BCUT2D eigenvalue weighted by molar-refractivity contribution is 0.0746. The van der Waals surface area contributed by atoms with Crippen molar-refractivity contribution in [3.63, 3.8) is 0 Å². The Bertz CT molecular complexity index is 1590. The van der Waals surface area contributed by atoms with E-state index in [-0.39, 0.29) is 5.91 Å². The quantitative estimate of drug-likeness (QED) is 0.312. The van der Waals surface area contributed by atoms with Crippen molar-refractivity contribution in [2.45, 2.75) is 13.3 Å². The summed E-state index contributed by atoms with van der Waals surface area (Å²) in [7, 11) is 0. The summed E-state index contributed by atoms with van der Waals surface area (Å²) in [4.78, 5) is 27.3. The van der Waals surface area contributed by atoms with E-state index in [1.54, 1.807) is 12.1 Å². The number of aryl methyl sites for hydroxylation is 1. The Morgan fingerprint density at radius 1 is 0.868 bits per heavy atom. The zero-order valence-electron chi connectivity index (χ0n) is 21.1. The van der Waals surface area contributed by atoms with Crippen LogP contribution in [0.15, 0.2) is 84.9 Å². The van der Waals surface area contributed by atoms with Gasteiger partial charge < -0.3 is 9.80 Å². The molecule has 0 unspecified atom stereocenters.